The zero-order chi connectivity index (χ0) is 20.2. The van der Waals surface area contributed by atoms with Crippen molar-refractivity contribution in [1.29, 1.82) is 0 Å². The van der Waals surface area contributed by atoms with Crippen molar-refractivity contribution in [3.63, 3.8) is 0 Å². The van der Waals surface area contributed by atoms with E-state index in [1.54, 1.807) is 0 Å². The summed E-state index contributed by atoms with van der Waals surface area (Å²) in [5.41, 5.74) is 3.23. The van der Waals surface area contributed by atoms with E-state index in [1.807, 2.05) is 0 Å². The molecule has 8 nitrogen and oxygen atoms in total. The summed E-state index contributed by atoms with van der Waals surface area (Å²) >= 11 is 0. The third kappa shape index (κ3) is 21.6. The molecule has 27 heavy (non-hydrogen) atoms. The quantitative estimate of drug-likeness (QED) is 0.144. The van der Waals surface area contributed by atoms with Gasteiger partial charge in [-0.2, -0.15) is 0 Å². The molecule has 9 heteroatoms. The Bertz CT molecular complexity index is 378. The molecule has 0 aliphatic heterocycles. The van der Waals surface area contributed by atoms with Crippen LogP contribution in [0.3, 0.4) is 0 Å². The van der Waals surface area contributed by atoms with Crippen molar-refractivity contribution < 1.29 is 38.6 Å². The Hall–Kier alpha value is -0.543. The Morgan fingerprint density at radius 2 is 1.19 bits per heavy atom. The monoisotopic (exact) mass is 408 g/mol. The fraction of sp³-hybridized carbons (Fsp3) is 0.889. The summed E-state index contributed by atoms with van der Waals surface area (Å²) in [7, 11) is -1.32. The minimum Gasteiger partial charge on any atom is -0.394 e. The summed E-state index contributed by atoms with van der Waals surface area (Å²) in [6.45, 7) is 10.3. The molecule has 0 saturated carbocycles. The molecule has 0 amide bonds. The number of rotatable bonds is 18. The fourth-order valence-electron chi connectivity index (χ4n) is 1.66. The summed E-state index contributed by atoms with van der Waals surface area (Å²) in [5.74, 6) is 3.03. The molecule has 0 saturated heterocycles. The van der Waals surface area contributed by atoms with Crippen molar-refractivity contribution in [2.24, 2.45) is 0 Å². The van der Waals surface area contributed by atoms with E-state index in [9.17, 15) is 5.11 Å². The van der Waals surface area contributed by atoms with Crippen LogP contribution < -0.4 is 0 Å². The lowest BCUT2D eigenvalue weighted by molar-refractivity contribution is -0.176. The predicted octanol–water partition coefficient (Wildman–Crippen LogP) is 0.278. The largest absolute Gasteiger partial charge is 0.394 e. The average Bonchev–Trinajstić information content (AvgIpc) is 2.62. The highest BCUT2D eigenvalue weighted by molar-refractivity contribution is 6.83. The van der Waals surface area contributed by atoms with Gasteiger partial charge >= 0.3 is 0 Å². The summed E-state index contributed by atoms with van der Waals surface area (Å²) in [6, 6.07) is 0. The van der Waals surface area contributed by atoms with Crippen molar-refractivity contribution in [2.45, 2.75) is 25.9 Å². The van der Waals surface area contributed by atoms with Gasteiger partial charge in [0.05, 0.1) is 72.7 Å². The second-order valence-corrected chi connectivity index (χ2v) is 11.3. The van der Waals surface area contributed by atoms with Gasteiger partial charge in [0.1, 0.15) is 14.7 Å². The molecule has 0 aromatic heterocycles. The highest BCUT2D eigenvalue weighted by Crippen LogP contribution is 1.96. The maximum Gasteiger partial charge on any atom is 0.180 e. The molecule has 2 N–H and O–H groups in total. The van der Waals surface area contributed by atoms with Crippen LogP contribution in [0, 0.1) is 11.5 Å². The Labute approximate surface area is 164 Å². The SMILES string of the molecule is C[Si](C)(C)C#CCOCCOCCOC(CO)OCCOCCOCCO. The first-order valence-corrected chi connectivity index (χ1v) is 12.8. The van der Waals surface area contributed by atoms with Crippen molar-refractivity contribution in [3.05, 3.63) is 0 Å². The predicted molar refractivity (Wildman–Crippen MR) is 104 cm³/mol. The Balaban J connectivity index is 3.41. The number of aliphatic hydroxyl groups excluding tert-OH is 2. The molecule has 0 spiro atoms. The topological polar surface area (TPSA) is 95.8 Å². The first-order chi connectivity index (χ1) is 13.0. The second kappa shape index (κ2) is 18.8. The highest BCUT2D eigenvalue weighted by atomic mass is 28.3. The normalized spacial score (nSPS) is 12.6. The van der Waals surface area contributed by atoms with Crippen LogP contribution in [0.2, 0.25) is 19.6 Å². The van der Waals surface area contributed by atoms with Gasteiger partial charge in [-0.1, -0.05) is 25.6 Å². The van der Waals surface area contributed by atoms with Crippen LogP contribution >= 0.6 is 0 Å². The van der Waals surface area contributed by atoms with Gasteiger partial charge in [0.2, 0.25) is 0 Å². The molecule has 0 aromatic rings. The van der Waals surface area contributed by atoms with Gasteiger partial charge in [0.15, 0.2) is 6.29 Å². The van der Waals surface area contributed by atoms with E-state index >= 15 is 0 Å². The van der Waals surface area contributed by atoms with Crippen LogP contribution in [-0.4, -0.2) is 104 Å². The van der Waals surface area contributed by atoms with Gasteiger partial charge < -0.3 is 38.6 Å². The van der Waals surface area contributed by atoms with Crippen molar-refractivity contribution >= 4 is 8.07 Å². The molecule has 0 aliphatic carbocycles. The van der Waals surface area contributed by atoms with Crippen LogP contribution in [0.15, 0.2) is 0 Å². The molecule has 0 fully saturated rings. The van der Waals surface area contributed by atoms with Gasteiger partial charge in [0, 0.05) is 0 Å². The molecule has 1 atom stereocenters. The smallest absolute Gasteiger partial charge is 0.180 e. The Morgan fingerprint density at radius 1 is 0.704 bits per heavy atom. The van der Waals surface area contributed by atoms with E-state index in [1.165, 1.54) is 0 Å². The van der Waals surface area contributed by atoms with E-state index < -0.39 is 14.4 Å². The molecule has 0 heterocycles. The lowest BCUT2D eigenvalue weighted by Crippen LogP contribution is -2.25. The van der Waals surface area contributed by atoms with Gasteiger partial charge in [-0.15, -0.1) is 5.54 Å². The molecule has 1 unspecified atom stereocenters. The zero-order valence-electron chi connectivity index (χ0n) is 16.9. The van der Waals surface area contributed by atoms with E-state index in [-0.39, 0.29) is 13.2 Å². The molecular weight excluding hydrogens is 372 g/mol. The van der Waals surface area contributed by atoms with Gasteiger partial charge in [0.25, 0.3) is 0 Å². The third-order valence-corrected chi connectivity index (χ3v) is 3.76. The van der Waals surface area contributed by atoms with Gasteiger partial charge in [-0.05, 0) is 0 Å². The average molecular weight is 409 g/mol. The number of hydrogen-bond donors (Lipinski definition) is 2. The molecule has 160 valence electrons. The molecule has 0 radical (unpaired) electrons. The second-order valence-electron chi connectivity index (χ2n) is 6.52. The summed E-state index contributed by atoms with van der Waals surface area (Å²) in [4.78, 5) is 0. The minimum absolute atomic E-state index is 0.00275. The summed E-state index contributed by atoms with van der Waals surface area (Å²) in [6.07, 6.45) is -0.698. The van der Waals surface area contributed by atoms with Crippen LogP contribution in [-0.2, 0) is 28.4 Å². The Kier molecular flexibility index (Phi) is 18.4. The van der Waals surface area contributed by atoms with Gasteiger partial charge in [-0.25, -0.2) is 0 Å². The van der Waals surface area contributed by atoms with E-state index in [2.05, 4.69) is 31.1 Å². The lowest BCUT2D eigenvalue weighted by atomic mass is 10.6. The van der Waals surface area contributed by atoms with Crippen LogP contribution in [0.1, 0.15) is 0 Å². The van der Waals surface area contributed by atoms with E-state index in [4.69, 9.17) is 33.5 Å². The number of hydrogen-bond acceptors (Lipinski definition) is 8. The number of aliphatic hydroxyl groups is 2. The molecular formula is C18H36O8Si. The van der Waals surface area contributed by atoms with Crippen molar-refractivity contribution in [2.75, 3.05) is 79.3 Å². The van der Waals surface area contributed by atoms with Crippen molar-refractivity contribution in [3.8, 4) is 11.5 Å². The van der Waals surface area contributed by atoms with Crippen molar-refractivity contribution in [1.82, 2.24) is 0 Å². The zero-order valence-corrected chi connectivity index (χ0v) is 17.9. The van der Waals surface area contributed by atoms with E-state index in [0.29, 0.717) is 66.1 Å². The minimum atomic E-state index is -1.32. The first-order valence-electron chi connectivity index (χ1n) is 9.25. The number of ether oxygens (including phenoxy) is 6. The standard InChI is InChI=1S/C18H36O8Si/c1-27(2,3)16-4-6-21-8-10-23-12-14-25-18(17-20)26-15-13-24-11-9-22-7-5-19/h18-20H,5-15,17H2,1-3H3. The molecule has 0 aliphatic rings. The third-order valence-electron chi connectivity index (χ3n) is 2.83. The maximum atomic E-state index is 9.20. The first kappa shape index (κ1) is 26.5. The summed E-state index contributed by atoms with van der Waals surface area (Å²) < 4.78 is 31.8. The van der Waals surface area contributed by atoms with Crippen LogP contribution in [0.25, 0.3) is 0 Å². The molecule has 0 aromatic carbocycles. The maximum absolute atomic E-state index is 9.20. The summed E-state index contributed by atoms with van der Waals surface area (Å²) in [5, 5.41) is 17.7. The lowest BCUT2D eigenvalue weighted by Gasteiger charge is -2.16. The van der Waals surface area contributed by atoms with Gasteiger partial charge in [-0.3, -0.25) is 0 Å². The van der Waals surface area contributed by atoms with Crippen LogP contribution in [0.5, 0.6) is 0 Å². The van der Waals surface area contributed by atoms with Crippen LogP contribution in [0.4, 0.5) is 0 Å². The van der Waals surface area contributed by atoms with E-state index in [0.717, 1.165) is 0 Å². The fourth-order valence-corrected chi connectivity index (χ4v) is 2.26. The molecule has 0 bridgehead atoms. The highest BCUT2D eigenvalue weighted by Gasteiger charge is 2.08. The molecule has 0 rings (SSSR count). The Morgan fingerprint density at radius 3 is 1.67 bits per heavy atom.